The fraction of sp³-hybridized carbons (Fsp3) is 0.355. The summed E-state index contributed by atoms with van der Waals surface area (Å²) >= 11 is 0. The fourth-order valence-electron chi connectivity index (χ4n) is 4.72. The third-order valence-corrected chi connectivity index (χ3v) is 7.17. The zero-order chi connectivity index (χ0) is 28.3. The Hall–Kier alpha value is -3.92. The molecule has 2 heterocycles. The van der Waals surface area contributed by atoms with Gasteiger partial charge in [-0.2, -0.15) is 5.10 Å². The highest BCUT2D eigenvalue weighted by Crippen LogP contribution is 2.32. The topological polar surface area (TPSA) is 100 Å². The molecule has 4 aromatic rings. The highest BCUT2D eigenvalue weighted by atomic mass is 16.6. The lowest BCUT2D eigenvalue weighted by Crippen LogP contribution is -2.52. The number of morpholine rings is 1. The number of carbonyl (C=O) groups is 1. The summed E-state index contributed by atoms with van der Waals surface area (Å²) in [6.45, 7) is 10.8. The molecule has 1 aromatic heterocycles. The van der Waals surface area contributed by atoms with E-state index in [4.69, 9.17) is 14.6 Å². The number of anilines is 2. The normalized spacial score (nSPS) is 15.1. The van der Waals surface area contributed by atoms with Gasteiger partial charge in [0.05, 0.1) is 30.3 Å². The molecular formula is C31H37N5O4. The molecule has 0 bridgehead atoms. The number of quaternary nitrogens is 1. The van der Waals surface area contributed by atoms with E-state index in [1.807, 2.05) is 73.7 Å². The SMILES string of the molecule is Cc1ccc(-n2nc(C(C)(C)C)cc2NC(=O)Nc2ccc(OCC[N+]3([O-])CCOCC3)c3ccccc23)cc1. The second kappa shape index (κ2) is 11.3. The lowest BCUT2D eigenvalue weighted by atomic mass is 9.92. The summed E-state index contributed by atoms with van der Waals surface area (Å²) in [6.07, 6.45) is 0. The second-order valence-corrected chi connectivity index (χ2v) is 11.3. The molecule has 1 saturated heterocycles. The van der Waals surface area contributed by atoms with Crippen molar-refractivity contribution < 1.29 is 18.9 Å². The van der Waals surface area contributed by atoms with Crippen LogP contribution < -0.4 is 15.4 Å². The molecule has 0 atom stereocenters. The summed E-state index contributed by atoms with van der Waals surface area (Å²) in [5.74, 6) is 1.25. The van der Waals surface area contributed by atoms with Gasteiger partial charge in [-0.1, -0.05) is 62.7 Å². The maximum atomic E-state index is 13.2. The van der Waals surface area contributed by atoms with Gasteiger partial charge in [0.1, 0.15) is 37.8 Å². The van der Waals surface area contributed by atoms with Crippen LogP contribution in [0.25, 0.3) is 16.5 Å². The van der Waals surface area contributed by atoms with Gasteiger partial charge >= 0.3 is 6.03 Å². The molecule has 40 heavy (non-hydrogen) atoms. The van der Waals surface area contributed by atoms with Gasteiger partial charge in [-0.3, -0.25) is 5.32 Å². The standard InChI is InChI=1S/C31H37N5O4/c1-22-9-11-23(12-10-22)35-29(21-28(34-35)31(2,3)4)33-30(37)32-26-13-14-27(25-8-6-5-7-24(25)26)40-20-17-36(38)15-18-39-19-16-36/h5-14,21H,15-20H2,1-4H3,(H2,32,33,37). The lowest BCUT2D eigenvalue weighted by Gasteiger charge is -2.44. The molecule has 3 aromatic carbocycles. The Morgan fingerprint density at radius 1 is 1.02 bits per heavy atom. The Morgan fingerprint density at radius 2 is 1.73 bits per heavy atom. The molecule has 210 valence electrons. The zero-order valence-electron chi connectivity index (χ0n) is 23.6. The predicted molar refractivity (Wildman–Crippen MR) is 158 cm³/mol. The van der Waals surface area contributed by atoms with Crippen molar-refractivity contribution in [3.05, 3.63) is 83.2 Å². The molecule has 1 aliphatic rings. The van der Waals surface area contributed by atoms with Gasteiger partial charge in [-0.15, -0.1) is 0 Å². The minimum Gasteiger partial charge on any atom is -0.633 e. The number of carbonyl (C=O) groups excluding carboxylic acids is 1. The Balaban J connectivity index is 1.34. The third kappa shape index (κ3) is 6.28. The van der Waals surface area contributed by atoms with Gasteiger partial charge in [-0.05, 0) is 31.2 Å². The number of rotatable bonds is 7. The van der Waals surface area contributed by atoms with Crippen molar-refractivity contribution in [2.45, 2.75) is 33.1 Å². The first-order valence-electron chi connectivity index (χ1n) is 13.7. The molecule has 9 nitrogen and oxygen atoms in total. The van der Waals surface area contributed by atoms with Crippen LogP contribution in [0.1, 0.15) is 32.0 Å². The summed E-state index contributed by atoms with van der Waals surface area (Å²) in [4.78, 5) is 13.2. The van der Waals surface area contributed by atoms with Crippen LogP contribution in [-0.4, -0.2) is 59.9 Å². The van der Waals surface area contributed by atoms with E-state index in [1.54, 1.807) is 4.68 Å². The Labute approximate surface area is 234 Å². The molecule has 5 rings (SSSR count). The second-order valence-electron chi connectivity index (χ2n) is 11.3. The maximum Gasteiger partial charge on any atom is 0.324 e. The van der Waals surface area contributed by atoms with Gasteiger partial charge in [-0.25, -0.2) is 9.48 Å². The smallest absolute Gasteiger partial charge is 0.324 e. The first-order valence-corrected chi connectivity index (χ1v) is 13.7. The fourth-order valence-corrected chi connectivity index (χ4v) is 4.72. The van der Waals surface area contributed by atoms with Crippen LogP contribution >= 0.6 is 0 Å². The summed E-state index contributed by atoms with van der Waals surface area (Å²) in [7, 11) is 0. The van der Waals surface area contributed by atoms with Crippen molar-refractivity contribution in [1.29, 1.82) is 0 Å². The van der Waals surface area contributed by atoms with Gasteiger partial charge in [0.2, 0.25) is 0 Å². The Morgan fingerprint density at radius 3 is 2.42 bits per heavy atom. The van der Waals surface area contributed by atoms with E-state index in [9.17, 15) is 10.0 Å². The quantitative estimate of drug-likeness (QED) is 0.220. The number of urea groups is 1. The number of amides is 2. The molecule has 1 aliphatic heterocycles. The molecule has 0 aliphatic carbocycles. The number of aromatic nitrogens is 2. The number of aryl methyl sites for hydroxylation is 1. The van der Waals surface area contributed by atoms with Crippen LogP contribution in [0.4, 0.5) is 16.3 Å². The van der Waals surface area contributed by atoms with Crippen molar-refractivity contribution in [1.82, 2.24) is 9.78 Å². The molecule has 0 radical (unpaired) electrons. The minimum atomic E-state index is -0.377. The van der Waals surface area contributed by atoms with Gasteiger partial charge < -0.3 is 24.6 Å². The predicted octanol–water partition coefficient (Wildman–Crippen LogP) is 6.00. The van der Waals surface area contributed by atoms with Crippen LogP contribution in [0.2, 0.25) is 0 Å². The van der Waals surface area contributed by atoms with Crippen molar-refractivity contribution in [2.24, 2.45) is 0 Å². The number of hydroxylamine groups is 3. The number of nitrogens with one attached hydrogen (secondary N) is 2. The maximum absolute atomic E-state index is 13.2. The van der Waals surface area contributed by atoms with Gasteiger partial charge in [0.25, 0.3) is 0 Å². The lowest BCUT2D eigenvalue weighted by molar-refractivity contribution is -0.888. The summed E-state index contributed by atoms with van der Waals surface area (Å²) in [5.41, 5.74) is 3.34. The van der Waals surface area contributed by atoms with Crippen LogP contribution in [0, 0.1) is 12.1 Å². The van der Waals surface area contributed by atoms with Crippen LogP contribution in [0.5, 0.6) is 5.75 Å². The van der Waals surface area contributed by atoms with E-state index in [1.165, 1.54) is 0 Å². The van der Waals surface area contributed by atoms with Crippen molar-refractivity contribution in [3.8, 4) is 11.4 Å². The van der Waals surface area contributed by atoms with Crippen LogP contribution in [-0.2, 0) is 10.2 Å². The van der Waals surface area contributed by atoms with E-state index >= 15 is 0 Å². The molecular weight excluding hydrogens is 506 g/mol. The van der Waals surface area contributed by atoms with Crippen molar-refractivity contribution in [3.63, 3.8) is 0 Å². The highest BCUT2D eigenvalue weighted by Gasteiger charge is 2.23. The molecule has 2 N–H and O–H groups in total. The van der Waals surface area contributed by atoms with Crippen LogP contribution in [0.15, 0.2) is 66.7 Å². The van der Waals surface area contributed by atoms with E-state index in [0.717, 1.165) is 27.7 Å². The molecule has 9 heteroatoms. The zero-order valence-corrected chi connectivity index (χ0v) is 23.6. The largest absolute Gasteiger partial charge is 0.633 e. The number of hydrogen-bond donors (Lipinski definition) is 2. The summed E-state index contributed by atoms with van der Waals surface area (Å²) in [6, 6.07) is 20.9. The number of ether oxygens (including phenoxy) is 2. The highest BCUT2D eigenvalue weighted by molar-refractivity contribution is 6.07. The molecule has 2 amide bonds. The van der Waals surface area contributed by atoms with Gasteiger partial charge in [0.15, 0.2) is 0 Å². The monoisotopic (exact) mass is 543 g/mol. The van der Waals surface area contributed by atoms with Gasteiger partial charge in [0, 0.05) is 22.3 Å². The first kappa shape index (κ1) is 27.6. The molecule has 0 unspecified atom stereocenters. The average Bonchev–Trinajstić information content (AvgIpc) is 3.35. The Kier molecular flexibility index (Phi) is 7.80. The number of nitrogens with zero attached hydrogens (tertiary/aromatic N) is 3. The average molecular weight is 544 g/mol. The van der Waals surface area contributed by atoms with Crippen molar-refractivity contribution in [2.75, 3.05) is 50.1 Å². The number of hydrogen-bond acceptors (Lipinski definition) is 5. The summed E-state index contributed by atoms with van der Waals surface area (Å²) < 4.78 is 12.8. The van der Waals surface area contributed by atoms with E-state index in [-0.39, 0.29) is 16.1 Å². The molecule has 0 spiro atoms. The third-order valence-electron chi connectivity index (χ3n) is 7.17. The molecule has 1 fully saturated rings. The van der Waals surface area contributed by atoms with E-state index in [2.05, 4.69) is 31.4 Å². The summed E-state index contributed by atoms with van der Waals surface area (Å²) in [5, 5.41) is 25.3. The van der Waals surface area contributed by atoms with Crippen LogP contribution in [0.3, 0.4) is 0 Å². The van der Waals surface area contributed by atoms with Crippen molar-refractivity contribution >= 4 is 28.3 Å². The van der Waals surface area contributed by atoms with E-state index < -0.39 is 0 Å². The Bertz CT molecular complexity index is 1480. The first-order chi connectivity index (χ1) is 19.1. The molecule has 0 saturated carbocycles. The number of fused-ring (bicyclic) bond motifs is 1. The van der Waals surface area contributed by atoms with E-state index in [0.29, 0.717) is 56.7 Å². The number of benzene rings is 3. The minimum absolute atomic E-state index is 0.190.